The number of rotatable bonds is 8. The van der Waals surface area contributed by atoms with Crippen molar-refractivity contribution in [2.75, 3.05) is 20.8 Å². The second-order valence-corrected chi connectivity index (χ2v) is 7.05. The number of nitro benzene ring substituents is 1. The highest BCUT2D eigenvalue weighted by molar-refractivity contribution is 5.90. The Morgan fingerprint density at radius 1 is 1.06 bits per heavy atom. The van der Waals surface area contributed by atoms with E-state index in [1.807, 2.05) is 36.4 Å². The zero-order chi connectivity index (χ0) is 23.1. The van der Waals surface area contributed by atoms with Gasteiger partial charge in [-0.05, 0) is 46.7 Å². The quantitative estimate of drug-likeness (QED) is 0.230. The fourth-order valence-electron chi connectivity index (χ4n) is 3.10. The molecule has 1 amide bonds. The third kappa shape index (κ3) is 5.69. The van der Waals surface area contributed by atoms with E-state index in [0.717, 1.165) is 28.2 Å². The lowest BCUT2D eigenvalue weighted by Crippen LogP contribution is -2.30. The molecule has 0 spiro atoms. The van der Waals surface area contributed by atoms with Crippen LogP contribution in [-0.4, -0.2) is 42.5 Å². The minimum atomic E-state index is -0.760. The van der Waals surface area contributed by atoms with Crippen LogP contribution >= 0.6 is 0 Å². The minimum Gasteiger partial charge on any atom is -0.497 e. The number of ether oxygens (including phenoxy) is 2. The summed E-state index contributed by atoms with van der Waals surface area (Å²) in [6, 6.07) is 17.6. The summed E-state index contributed by atoms with van der Waals surface area (Å²) in [4.78, 5) is 36.2. The van der Waals surface area contributed by atoms with E-state index in [-0.39, 0.29) is 17.2 Å². The molecule has 0 bridgehead atoms. The lowest BCUT2D eigenvalue weighted by atomic mass is 10.1. The van der Waals surface area contributed by atoms with Crippen molar-refractivity contribution in [3.8, 4) is 5.75 Å². The van der Waals surface area contributed by atoms with Crippen LogP contribution in [0.5, 0.6) is 5.75 Å². The van der Waals surface area contributed by atoms with Crippen LogP contribution in [0.4, 0.5) is 5.69 Å². The van der Waals surface area contributed by atoms with Crippen LogP contribution in [0, 0.1) is 10.1 Å². The van der Waals surface area contributed by atoms with Crippen LogP contribution in [0.15, 0.2) is 66.7 Å². The van der Waals surface area contributed by atoms with Gasteiger partial charge in [0.05, 0.1) is 17.6 Å². The molecule has 0 aliphatic rings. The number of esters is 1. The third-order valence-corrected chi connectivity index (χ3v) is 4.83. The van der Waals surface area contributed by atoms with Gasteiger partial charge < -0.3 is 14.4 Å². The van der Waals surface area contributed by atoms with E-state index in [9.17, 15) is 19.7 Å². The molecule has 0 unspecified atom stereocenters. The number of fused-ring (bicyclic) bond motifs is 1. The number of nitro groups is 1. The number of hydrogen-bond donors (Lipinski definition) is 0. The molecule has 0 saturated carbocycles. The number of para-hydroxylation sites is 1. The van der Waals surface area contributed by atoms with Crippen LogP contribution in [-0.2, 0) is 20.9 Å². The maximum atomic E-state index is 12.3. The standard InChI is InChI=1S/C24H22N2O6/c1-25(15-17-7-8-20-14-21(31-2)11-9-19(20)13-17)23(27)16-32-24(28)12-10-18-5-3-4-6-22(18)26(29)30/h3-14H,15-16H2,1-2H3/b12-10+. The predicted molar refractivity (Wildman–Crippen MR) is 120 cm³/mol. The first-order valence-corrected chi connectivity index (χ1v) is 9.76. The van der Waals surface area contributed by atoms with Gasteiger partial charge in [-0.15, -0.1) is 0 Å². The second-order valence-electron chi connectivity index (χ2n) is 7.05. The number of methoxy groups -OCH3 is 1. The largest absolute Gasteiger partial charge is 0.497 e. The Hall–Kier alpha value is -4.20. The van der Waals surface area contributed by atoms with Crippen LogP contribution in [0.2, 0.25) is 0 Å². The molecule has 3 rings (SSSR count). The van der Waals surface area contributed by atoms with Crippen molar-refractivity contribution >= 4 is 34.4 Å². The van der Waals surface area contributed by atoms with Crippen molar-refractivity contribution in [1.29, 1.82) is 0 Å². The summed E-state index contributed by atoms with van der Waals surface area (Å²) in [5.41, 5.74) is 1.08. The average molecular weight is 434 g/mol. The van der Waals surface area contributed by atoms with Crippen LogP contribution < -0.4 is 4.74 Å². The summed E-state index contributed by atoms with van der Waals surface area (Å²) in [5, 5.41) is 13.1. The summed E-state index contributed by atoms with van der Waals surface area (Å²) < 4.78 is 10.2. The molecule has 8 heteroatoms. The Balaban J connectivity index is 1.55. The zero-order valence-electron chi connectivity index (χ0n) is 17.7. The summed E-state index contributed by atoms with van der Waals surface area (Å²) in [6.45, 7) is -0.0776. The van der Waals surface area contributed by atoms with Gasteiger partial charge in [0, 0.05) is 25.7 Å². The molecule has 0 atom stereocenters. The number of hydrogen-bond acceptors (Lipinski definition) is 6. The zero-order valence-corrected chi connectivity index (χ0v) is 17.7. The number of benzene rings is 3. The number of nitrogens with zero attached hydrogens (tertiary/aromatic N) is 2. The topological polar surface area (TPSA) is 99.0 Å². The summed E-state index contributed by atoms with van der Waals surface area (Å²) in [7, 11) is 3.24. The fourth-order valence-corrected chi connectivity index (χ4v) is 3.10. The van der Waals surface area contributed by atoms with Crippen molar-refractivity contribution in [3.05, 3.63) is 88.0 Å². The van der Waals surface area contributed by atoms with Crippen LogP contribution in [0.3, 0.4) is 0 Å². The first-order valence-electron chi connectivity index (χ1n) is 9.76. The summed E-state index contributed by atoms with van der Waals surface area (Å²) in [5.74, 6) is -0.355. The molecular weight excluding hydrogens is 412 g/mol. The van der Waals surface area contributed by atoms with E-state index in [1.54, 1.807) is 20.2 Å². The van der Waals surface area contributed by atoms with Crippen molar-refractivity contribution in [2.24, 2.45) is 0 Å². The highest BCUT2D eigenvalue weighted by Crippen LogP contribution is 2.22. The molecule has 0 saturated heterocycles. The van der Waals surface area contributed by atoms with Gasteiger partial charge >= 0.3 is 5.97 Å². The maximum Gasteiger partial charge on any atom is 0.331 e. The fraction of sp³-hybridized carbons (Fsp3) is 0.167. The monoisotopic (exact) mass is 434 g/mol. The highest BCUT2D eigenvalue weighted by Gasteiger charge is 2.13. The van der Waals surface area contributed by atoms with Crippen molar-refractivity contribution in [1.82, 2.24) is 4.90 Å². The Bertz CT molecular complexity index is 1190. The molecule has 0 aliphatic heterocycles. The van der Waals surface area contributed by atoms with Gasteiger partial charge in [0.15, 0.2) is 6.61 Å². The van der Waals surface area contributed by atoms with Crippen molar-refractivity contribution < 1.29 is 24.0 Å². The molecule has 0 fully saturated rings. The highest BCUT2D eigenvalue weighted by atomic mass is 16.6. The molecular formula is C24H22N2O6. The van der Waals surface area contributed by atoms with Crippen molar-refractivity contribution in [3.63, 3.8) is 0 Å². The van der Waals surface area contributed by atoms with Gasteiger partial charge in [0.2, 0.25) is 0 Å². The Morgan fingerprint density at radius 2 is 1.78 bits per heavy atom. The maximum absolute atomic E-state index is 12.3. The molecule has 3 aromatic carbocycles. The molecule has 3 aromatic rings. The van der Waals surface area contributed by atoms with Crippen LogP contribution in [0.25, 0.3) is 16.8 Å². The Morgan fingerprint density at radius 3 is 2.53 bits per heavy atom. The van der Waals surface area contributed by atoms with Gasteiger partial charge in [0.25, 0.3) is 11.6 Å². The Kier molecular flexibility index (Phi) is 7.17. The first kappa shape index (κ1) is 22.5. The third-order valence-electron chi connectivity index (χ3n) is 4.83. The average Bonchev–Trinajstić information content (AvgIpc) is 2.80. The molecule has 0 heterocycles. The summed E-state index contributed by atoms with van der Waals surface area (Å²) >= 11 is 0. The second kappa shape index (κ2) is 10.2. The smallest absolute Gasteiger partial charge is 0.331 e. The van der Waals surface area contributed by atoms with E-state index < -0.39 is 17.5 Å². The normalized spacial score (nSPS) is 10.8. The minimum absolute atomic E-state index is 0.124. The number of carbonyl (C=O) groups excluding carboxylic acids is 2. The molecule has 0 radical (unpaired) electrons. The molecule has 8 nitrogen and oxygen atoms in total. The molecule has 0 aliphatic carbocycles. The first-order chi connectivity index (χ1) is 15.4. The molecule has 164 valence electrons. The molecule has 0 aromatic heterocycles. The molecule has 0 N–H and O–H groups in total. The van der Waals surface area contributed by atoms with Gasteiger partial charge in [-0.25, -0.2) is 4.79 Å². The predicted octanol–water partition coefficient (Wildman–Crippen LogP) is 3.97. The number of likely N-dealkylation sites (N-methyl/N-ethyl adjacent to an activating group) is 1. The van der Waals surface area contributed by atoms with Gasteiger partial charge in [-0.1, -0.05) is 30.3 Å². The van der Waals surface area contributed by atoms with Crippen molar-refractivity contribution in [2.45, 2.75) is 6.54 Å². The van der Waals surface area contributed by atoms with E-state index >= 15 is 0 Å². The van der Waals surface area contributed by atoms with Gasteiger partial charge in [-0.3, -0.25) is 14.9 Å². The lowest BCUT2D eigenvalue weighted by Gasteiger charge is -2.17. The SMILES string of the molecule is COc1ccc2cc(CN(C)C(=O)COC(=O)/C=C/c3ccccc3[N+](=O)[O-])ccc2c1. The summed E-state index contributed by atoms with van der Waals surface area (Å²) in [6.07, 6.45) is 2.35. The van der Waals surface area contributed by atoms with E-state index in [1.165, 1.54) is 29.2 Å². The van der Waals surface area contributed by atoms with Gasteiger partial charge in [0.1, 0.15) is 5.75 Å². The van der Waals surface area contributed by atoms with Crippen LogP contribution in [0.1, 0.15) is 11.1 Å². The molecule has 32 heavy (non-hydrogen) atoms. The number of amides is 1. The van der Waals surface area contributed by atoms with E-state index in [0.29, 0.717) is 6.54 Å². The van der Waals surface area contributed by atoms with Gasteiger partial charge in [-0.2, -0.15) is 0 Å². The lowest BCUT2D eigenvalue weighted by molar-refractivity contribution is -0.385. The van der Waals surface area contributed by atoms with E-state index in [2.05, 4.69) is 0 Å². The Labute approximate surface area is 184 Å². The number of carbonyl (C=O) groups is 2. The van der Waals surface area contributed by atoms with E-state index in [4.69, 9.17) is 9.47 Å².